The lowest BCUT2D eigenvalue weighted by molar-refractivity contribution is -0.00518. The molecule has 7 aromatic rings. The van der Waals surface area contributed by atoms with Crippen molar-refractivity contribution in [3.63, 3.8) is 0 Å². The summed E-state index contributed by atoms with van der Waals surface area (Å²) in [6.07, 6.45) is 8.37. The highest BCUT2D eigenvalue weighted by Crippen LogP contribution is 2.60. The highest BCUT2D eigenvalue weighted by molar-refractivity contribution is 5.82. The standard InChI is InChI=1S/C50H40N4/c51-32-33-14-16-38(17-15-33)43-26-44(42-13-7-12-41(25-42)37-8-3-1-4-9-37)28-45(27-43)49-53-47(39-10-5-2-6-11-39)52-48(54-49)40-18-20-46(21-19-40)50-29-34-22-35(30-50)24-36(23-34)31-50/h1-21,25-28,34-36H,22-24,29-31H2. The molecule has 4 saturated carbocycles. The van der Waals surface area contributed by atoms with Crippen molar-refractivity contribution in [1.29, 1.82) is 5.26 Å². The van der Waals surface area contributed by atoms with Gasteiger partial charge in [0.15, 0.2) is 17.5 Å². The van der Waals surface area contributed by atoms with Crippen LogP contribution in [0.15, 0.2) is 152 Å². The predicted molar refractivity (Wildman–Crippen MR) is 217 cm³/mol. The molecule has 4 aliphatic rings. The normalized spacial score (nSPS) is 21.1. The number of aromatic nitrogens is 3. The van der Waals surface area contributed by atoms with Crippen LogP contribution in [-0.2, 0) is 5.41 Å². The van der Waals surface area contributed by atoms with Gasteiger partial charge in [0.2, 0.25) is 0 Å². The smallest absolute Gasteiger partial charge is 0.164 e. The second-order valence-electron chi connectivity index (χ2n) is 15.9. The van der Waals surface area contributed by atoms with E-state index in [0.29, 0.717) is 28.5 Å². The molecular weight excluding hydrogens is 657 g/mol. The molecule has 0 saturated heterocycles. The maximum Gasteiger partial charge on any atom is 0.164 e. The van der Waals surface area contributed by atoms with Crippen molar-refractivity contribution in [2.45, 2.75) is 43.9 Å². The van der Waals surface area contributed by atoms with E-state index in [4.69, 9.17) is 15.0 Å². The van der Waals surface area contributed by atoms with E-state index >= 15 is 0 Å². The largest absolute Gasteiger partial charge is 0.208 e. The second-order valence-corrected chi connectivity index (χ2v) is 15.9. The van der Waals surface area contributed by atoms with Gasteiger partial charge in [0.05, 0.1) is 11.6 Å². The number of rotatable bonds is 7. The molecule has 4 nitrogen and oxygen atoms in total. The zero-order chi connectivity index (χ0) is 36.1. The van der Waals surface area contributed by atoms with E-state index in [9.17, 15) is 5.26 Å². The van der Waals surface area contributed by atoms with Crippen molar-refractivity contribution in [1.82, 2.24) is 15.0 Å². The number of nitriles is 1. The summed E-state index contributed by atoms with van der Waals surface area (Å²) in [6.45, 7) is 0. The summed E-state index contributed by atoms with van der Waals surface area (Å²) in [5, 5.41) is 9.50. The van der Waals surface area contributed by atoms with Gasteiger partial charge < -0.3 is 0 Å². The third-order valence-electron chi connectivity index (χ3n) is 12.3. The minimum atomic E-state index is 0.340. The van der Waals surface area contributed by atoms with E-state index in [1.54, 1.807) is 0 Å². The molecular formula is C50H40N4. The van der Waals surface area contributed by atoms with E-state index in [1.807, 2.05) is 48.5 Å². The second kappa shape index (κ2) is 13.3. The summed E-state index contributed by atoms with van der Waals surface area (Å²) in [4.78, 5) is 15.5. The van der Waals surface area contributed by atoms with Gasteiger partial charge in [-0.2, -0.15) is 5.26 Å². The lowest BCUT2D eigenvalue weighted by Gasteiger charge is -2.57. The number of benzene rings is 6. The van der Waals surface area contributed by atoms with E-state index in [0.717, 1.165) is 62.3 Å². The molecule has 6 aromatic carbocycles. The molecule has 4 aliphatic carbocycles. The molecule has 11 rings (SSSR count). The fourth-order valence-electron chi connectivity index (χ4n) is 10.1. The van der Waals surface area contributed by atoms with Crippen LogP contribution in [0, 0.1) is 29.1 Å². The molecule has 0 unspecified atom stereocenters. The first-order valence-corrected chi connectivity index (χ1v) is 19.3. The summed E-state index contributed by atoms with van der Waals surface area (Å²) in [7, 11) is 0. The Labute approximate surface area is 317 Å². The first kappa shape index (κ1) is 32.5. The number of hydrogen-bond acceptors (Lipinski definition) is 4. The molecule has 0 N–H and O–H groups in total. The molecule has 4 fully saturated rings. The SMILES string of the molecule is N#Cc1ccc(-c2cc(-c3cccc(-c4ccccc4)c3)cc(-c3nc(-c4ccccc4)nc(-c4ccc(C56CC7CC(CC(C7)C5)C6)cc4)n3)c2)cc1. The molecule has 1 heterocycles. The Kier molecular flexibility index (Phi) is 8.02. The topological polar surface area (TPSA) is 62.5 Å². The molecule has 0 amide bonds. The molecule has 54 heavy (non-hydrogen) atoms. The molecule has 4 heteroatoms. The highest BCUT2D eigenvalue weighted by atomic mass is 15.0. The summed E-state index contributed by atoms with van der Waals surface area (Å²) >= 11 is 0. The Morgan fingerprint density at radius 2 is 0.815 bits per heavy atom. The maximum atomic E-state index is 9.50. The van der Waals surface area contributed by atoms with Crippen LogP contribution >= 0.6 is 0 Å². The third kappa shape index (κ3) is 6.10. The Balaban J connectivity index is 1.10. The summed E-state index contributed by atoms with van der Waals surface area (Å²) in [5.41, 5.74) is 11.9. The molecule has 1 aromatic heterocycles. The molecule has 0 radical (unpaired) electrons. The minimum absolute atomic E-state index is 0.340. The fraction of sp³-hybridized carbons (Fsp3) is 0.200. The quantitative estimate of drug-likeness (QED) is 0.166. The van der Waals surface area contributed by atoms with Gasteiger partial charge in [-0.05, 0) is 137 Å². The molecule has 4 bridgehead atoms. The first-order valence-electron chi connectivity index (χ1n) is 19.3. The van der Waals surface area contributed by atoms with Gasteiger partial charge in [-0.1, -0.05) is 115 Å². The average Bonchev–Trinajstić information content (AvgIpc) is 3.23. The van der Waals surface area contributed by atoms with Crippen LogP contribution in [0.4, 0.5) is 0 Å². The van der Waals surface area contributed by atoms with Gasteiger partial charge >= 0.3 is 0 Å². The number of nitrogens with zero attached hydrogens (tertiary/aromatic N) is 4. The van der Waals surface area contributed by atoms with Crippen LogP contribution in [0.25, 0.3) is 67.5 Å². The van der Waals surface area contributed by atoms with Crippen LogP contribution < -0.4 is 0 Å². The molecule has 260 valence electrons. The van der Waals surface area contributed by atoms with Crippen LogP contribution in [0.5, 0.6) is 0 Å². The Hall–Kier alpha value is -6.18. The van der Waals surface area contributed by atoms with Crippen molar-refractivity contribution >= 4 is 0 Å². The zero-order valence-electron chi connectivity index (χ0n) is 30.2. The maximum absolute atomic E-state index is 9.50. The van der Waals surface area contributed by atoms with Gasteiger partial charge in [0, 0.05) is 16.7 Å². The van der Waals surface area contributed by atoms with Crippen molar-refractivity contribution < 1.29 is 0 Å². The summed E-state index contributed by atoms with van der Waals surface area (Å²) in [5.74, 6) is 4.66. The van der Waals surface area contributed by atoms with Crippen molar-refractivity contribution in [2.75, 3.05) is 0 Å². The van der Waals surface area contributed by atoms with Crippen LogP contribution in [-0.4, -0.2) is 15.0 Å². The van der Waals surface area contributed by atoms with Crippen molar-refractivity contribution in [3.05, 3.63) is 163 Å². The summed E-state index contributed by atoms with van der Waals surface area (Å²) < 4.78 is 0. The lowest BCUT2D eigenvalue weighted by Crippen LogP contribution is -2.48. The predicted octanol–water partition coefficient (Wildman–Crippen LogP) is 12.2. The van der Waals surface area contributed by atoms with Gasteiger partial charge in [-0.15, -0.1) is 0 Å². The highest BCUT2D eigenvalue weighted by Gasteiger charge is 2.51. The van der Waals surface area contributed by atoms with Gasteiger partial charge in [-0.3, -0.25) is 0 Å². The summed E-state index contributed by atoms with van der Waals surface area (Å²) in [6, 6.07) is 55.2. The van der Waals surface area contributed by atoms with Crippen molar-refractivity contribution in [3.8, 4) is 73.6 Å². The van der Waals surface area contributed by atoms with Gasteiger partial charge in [0.25, 0.3) is 0 Å². The number of hydrogen-bond donors (Lipinski definition) is 0. The Morgan fingerprint density at radius 3 is 1.39 bits per heavy atom. The van der Waals surface area contributed by atoms with Crippen LogP contribution in [0.1, 0.15) is 49.7 Å². The third-order valence-corrected chi connectivity index (χ3v) is 12.3. The molecule has 0 spiro atoms. The van der Waals surface area contributed by atoms with E-state index in [2.05, 4.69) is 109 Å². The van der Waals surface area contributed by atoms with E-state index < -0.39 is 0 Å². The van der Waals surface area contributed by atoms with Crippen LogP contribution in [0.2, 0.25) is 0 Å². The fourth-order valence-corrected chi connectivity index (χ4v) is 10.1. The Morgan fingerprint density at radius 1 is 0.407 bits per heavy atom. The first-order chi connectivity index (χ1) is 26.6. The molecule has 0 atom stereocenters. The van der Waals surface area contributed by atoms with Gasteiger partial charge in [-0.25, -0.2) is 15.0 Å². The minimum Gasteiger partial charge on any atom is -0.208 e. The van der Waals surface area contributed by atoms with E-state index in [-0.39, 0.29) is 0 Å². The van der Waals surface area contributed by atoms with E-state index in [1.165, 1.54) is 49.7 Å². The Bertz CT molecular complexity index is 2480. The monoisotopic (exact) mass is 696 g/mol. The van der Waals surface area contributed by atoms with Gasteiger partial charge in [0.1, 0.15) is 0 Å². The molecule has 0 aliphatic heterocycles. The van der Waals surface area contributed by atoms with Crippen LogP contribution in [0.3, 0.4) is 0 Å². The van der Waals surface area contributed by atoms with Crippen molar-refractivity contribution in [2.24, 2.45) is 17.8 Å². The lowest BCUT2D eigenvalue weighted by atomic mass is 9.48. The zero-order valence-corrected chi connectivity index (χ0v) is 30.2. The average molecular weight is 697 g/mol.